The fourth-order valence-electron chi connectivity index (χ4n) is 1.52. The van der Waals surface area contributed by atoms with Crippen molar-refractivity contribution >= 4 is 12.1 Å². The normalized spacial score (nSPS) is 14.5. The summed E-state index contributed by atoms with van der Waals surface area (Å²) in [5.41, 5.74) is 8.75. The number of nitrogens with zero attached hydrogens (tertiary/aromatic N) is 1. The van der Waals surface area contributed by atoms with Gasteiger partial charge >= 0.3 is 0 Å². The Labute approximate surface area is 70.8 Å². The van der Waals surface area contributed by atoms with Crippen LogP contribution in [0.25, 0.3) is 0 Å². The molecular weight excluding hydrogens is 152 g/mol. The molecule has 12 heavy (non-hydrogen) atoms. The molecule has 1 heterocycles. The third kappa shape index (κ3) is 1.03. The average Bonchev–Trinajstić information content (AvgIpc) is 2.46. The molecule has 0 unspecified atom stereocenters. The van der Waals surface area contributed by atoms with Crippen LogP contribution in [-0.2, 0) is 17.9 Å². The standard InChI is InChI=1S/C9H10N2O/c10-9-2-1-7-4-11(6-12)5-8(7)3-9/h1-3,6H,4-5,10H2. The van der Waals surface area contributed by atoms with Crippen LogP contribution in [0.5, 0.6) is 0 Å². The molecule has 1 aromatic carbocycles. The molecular formula is C9H10N2O. The van der Waals surface area contributed by atoms with Gasteiger partial charge in [0, 0.05) is 18.8 Å². The van der Waals surface area contributed by atoms with Crippen molar-refractivity contribution in [1.82, 2.24) is 4.90 Å². The number of rotatable bonds is 1. The van der Waals surface area contributed by atoms with E-state index in [4.69, 9.17) is 5.73 Å². The van der Waals surface area contributed by atoms with Gasteiger partial charge in [-0.05, 0) is 23.3 Å². The number of fused-ring (bicyclic) bond motifs is 1. The summed E-state index contributed by atoms with van der Waals surface area (Å²) < 4.78 is 0. The van der Waals surface area contributed by atoms with Crippen molar-refractivity contribution < 1.29 is 4.79 Å². The fraction of sp³-hybridized carbons (Fsp3) is 0.222. The van der Waals surface area contributed by atoms with Gasteiger partial charge in [-0.3, -0.25) is 4.79 Å². The van der Waals surface area contributed by atoms with E-state index in [9.17, 15) is 4.79 Å². The van der Waals surface area contributed by atoms with Gasteiger partial charge in [-0.1, -0.05) is 6.07 Å². The molecule has 62 valence electrons. The monoisotopic (exact) mass is 162 g/mol. The van der Waals surface area contributed by atoms with E-state index < -0.39 is 0 Å². The maximum atomic E-state index is 10.5. The predicted octanol–water partition coefficient (Wildman–Crippen LogP) is 0.741. The van der Waals surface area contributed by atoms with Gasteiger partial charge in [-0.25, -0.2) is 0 Å². The molecule has 3 nitrogen and oxygen atoms in total. The van der Waals surface area contributed by atoms with Gasteiger partial charge in [-0.2, -0.15) is 0 Å². The smallest absolute Gasteiger partial charge is 0.210 e. The second-order valence-electron chi connectivity index (χ2n) is 3.04. The molecule has 0 saturated heterocycles. The van der Waals surface area contributed by atoms with Gasteiger partial charge in [0.2, 0.25) is 6.41 Å². The Morgan fingerprint density at radius 3 is 2.83 bits per heavy atom. The van der Waals surface area contributed by atoms with E-state index >= 15 is 0 Å². The number of anilines is 1. The summed E-state index contributed by atoms with van der Waals surface area (Å²) in [6, 6.07) is 5.78. The molecule has 1 aliphatic rings. The highest BCUT2D eigenvalue weighted by atomic mass is 16.1. The summed E-state index contributed by atoms with van der Waals surface area (Å²) in [6.07, 6.45) is 0.871. The van der Waals surface area contributed by atoms with Gasteiger partial charge in [-0.15, -0.1) is 0 Å². The zero-order valence-corrected chi connectivity index (χ0v) is 6.66. The number of nitrogen functional groups attached to an aromatic ring is 1. The van der Waals surface area contributed by atoms with Gasteiger partial charge in [0.15, 0.2) is 0 Å². The van der Waals surface area contributed by atoms with Crippen LogP contribution in [0.4, 0.5) is 5.69 Å². The summed E-state index contributed by atoms with van der Waals surface area (Å²) in [5.74, 6) is 0. The first-order chi connectivity index (χ1) is 5.79. The van der Waals surface area contributed by atoms with E-state index in [1.54, 1.807) is 4.90 Å². The van der Waals surface area contributed by atoms with E-state index in [-0.39, 0.29) is 0 Å². The second kappa shape index (κ2) is 2.52. The summed E-state index contributed by atoms with van der Waals surface area (Å²) in [7, 11) is 0. The number of hydrogen-bond acceptors (Lipinski definition) is 2. The van der Waals surface area contributed by atoms with E-state index in [0.717, 1.165) is 18.6 Å². The number of benzene rings is 1. The van der Waals surface area contributed by atoms with Crippen LogP contribution in [-0.4, -0.2) is 11.3 Å². The van der Waals surface area contributed by atoms with E-state index in [2.05, 4.69) is 0 Å². The second-order valence-corrected chi connectivity index (χ2v) is 3.04. The number of hydrogen-bond donors (Lipinski definition) is 1. The number of carbonyl (C=O) groups is 1. The highest BCUT2D eigenvalue weighted by Crippen LogP contribution is 2.22. The summed E-state index contributed by atoms with van der Waals surface area (Å²) in [6.45, 7) is 1.42. The molecule has 0 fully saturated rings. The molecule has 3 heteroatoms. The van der Waals surface area contributed by atoms with Crippen molar-refractivity contribution in [1.29, 1.82) is 0 Å². The Balaban J connectivity index is 2.35. The van der Waals surface area contributed by atoms with Crippen LogP contribution in [0.3, 0.4) is 0 Å². The van der Waals surface area contributed by atoms with Gasteiger partial charge in [0.05, 0.1) is 0 Å². The minimum absolute atomic E-state index is 0.698. The van der Waals surface area contributed by atoms with Crippen LogP contribution in [0.15, 0.2) is 18.2 Å². The summed E-state index contributed by atoms with van der Waals surface area (Å²) in [5, 5.41) is 0. The molecule has 0 saturated carbocycles. The molecule has 0 bridgehead atoms. The Kier molecular flexibility index (Phi) is 1.50. The van der Waals surface area contributed by atoms with E-state index in [1.807, 2.05) is 18.2 Å². The maximum Gasteiger partial charge on any atom is 0.210 e. The minimum Gasteiger partial charge on any atom is -0.399 e. The molecule has 1 aliphatic heterocycles. The van der Waals surface area contributed by atoms with Crippen LogP contribution in [0.2, 0.25) is 0 Å². The predicted molar refractivity (Wildman–Crippen MR) is 46.2 cm³/mol. The average molecular weight is 162 g/mol. The molecule has 0 radical (unpaired) electrons. The van der Waals surface area contributed by atoms with Crippen molar-refractivity contribution in [2.75, 3.05) is 5.73 Å². The Morgan fingerprint density at radius 1 is 1.33 bits per heavy atom. The largest absolute Gasteiger partial charge is 0.399 e. The third-order valence-electron chi connectivity index (χ3n) is 2.13. The Morgan fingerprint density at radius 2 is 2.08 bits per heavy atom. The SMILES string of the molecule is Nc1ccc2c(c1)CN(C=O)C2. The number of nitrogens with two attached hydrogens (primary N) is 1. The lowest BCUT2D eigenvalue weighted by atomic mass is 10.1. The van der Waals surface area contributed by atoms with Crippen molar-refractivity contribution in [2.45, 2.75) is 13.1 Å². The van der Waals surface area contributed by atoms with Crippen molar-refractivity contribution in [3.63, 3.8) is 0 Å². The molecule has 1 aromatic rings. The molecule has 1 amide bonds. The first-order valence-electron chi connectivity index (χ1n) is 3.86. The van der Waals surface area contributed by atoms with Gasteiger partial charge in [0.25, 0.3) is 0 Å². The van der Waals surface area contributed by atoms with E-state index in [1.165, 1.54) is 11.1 Å². The maximum absolute atomic E-state index is 10.5. The van der Waals surface area contributed by atoms with Crippen LogP contribution in [0.1, 0.15) is 11.1 Å². The van der Waals surface area contributed by atoms with Crippen LogP contribution >= 0.6 is 0 Å². The van der Waals surface area contributed by atoms with Crippen LogP contribution < -0.4 is 5.73 Å². The van der Waals surface area contributed by atoms with Gasteiger partial charge < -0.3 is 10.6 Å². The fourth-order valence-corrected chi connectivity index (χ4v) is 1.52. The first kappa shape index (κ1) is 7.16. The molecule has 2 rings (SSSR count). The lowest BCUT2D eigenvalue weighted by Gasteiger charge is -2.04. The molecule has 0 atom stereocenters. The minimum atomic E-state index is 0.698. The molecule has 2 N–H and O–H groups in total. The zero-order valence-electron chi connectivity index (χ0n) is 6.66. The number of amides is 1. The topological polar surface area (TPSA) is 46.3 Å². The third-order valence-corrected chi connectivity index (χ3v) is 2.13. The lowest BCUT2D eigenvalue weighted by molar-refractivity contribution is -0.118. The van der Waals surface area contributed by atoms with Crippen molar-refractivity contribution in [2.24, 2.45) is 0 Å². The summed E-state index contributed by atoms with van der Waals surface area (Å²) in [4.78, 5) is 12.2. The highest BCUT2D eigenvalue weighted by Gasteiger charge is 2.16. The lowest BCUT2D eigenvalue weighted by Crippen LogP contribution is -2.12. The molecule has 0 aromatic heterocycles. The highest BCUT2D eigenvalue weighted by molar-refractivity contribution is 5.53. The first-order valence-corrected chi connectivity index (χ1v) is 3.86. The van der Waals surface area contributed by atoms with Gasteiger partial charge in [0.1, 0.15) is 0 Å². The Bertz CT molecular complexity index is 322. The van der Waals surface area contributed by atoms with Crippen molar-refractivity contribution in [3.05, 3.63) is 29.3 Å². The van der Waals surface area contributed by atoms with Crippen LogP contribution in [0, 0.1) is 0 Å². The van der Waals surface area contributed by atoms with E-state index in [0.29, 0.717) is 6.54 Å². The summed E-state index contributed by atoms with van der Waals surface area (Å²) >= 11 is 0. The zero-order chi connectivity index (χ0) is 8.55. The Hall–Kier alpha value is -1.51. The molecule has 0 spiro atoms. The number of carbonyl (C=O) groups excluding carboxylic acids is 1. The molecule has 0 aliphatic carbocycles. The quantitative estimate of drug-likeness (QED) is 0.489. The van der Waals surface area contributed by atoms with Crippen molar-refractivity contribution in [3.8, 4) is 0 Å².